The number of ether oxygens (including phenoxy) is 3. The highest BCUT2D eigenvalue weighted by atomic mass is 79.9. The van der Waals surface area contributed by atoms with Gasteiger partial charge in [0.25, 0.3) is 0 Å². The second kappa shape index (κ2) is 13.7. The van der Waals surface area contributed by atoms with Gasteiger partial charge in [-0.05, 0) is 64.7 Å². The van der Waals surface area contributed by atoms with E-state index >= 15 is 0 Å². The van der Waals surface area contributed by atoms with Crippen LogP contribution in [-0.2, 0) is 25.7 Å². The number of esters is 1. The van der Waals surface area contributed by atoms with Crippen molar-refractivity contribution in [2.45, 2.75) is 51.7 Å². The fourth-order valence-corrected chi connectivity index (χ4v) is 4.50. The highest BCUT2D eigenvalue weighted by Gasteiger charge is 2.44. The molecular weight excluding hydrogens is 531 g/mol. The number of anilines is 1. The number of amides is 1. The molecule has 1 amide bonds. The lowest BCUT2D eigenvalue weighted by Crippen LogP contribution is -2.55. The lowest BCUT2D eigenvalue weighted by atomic mass is 9.91. The van der Waals surface area contributed by atoms with E-state index in [0.717, 1.165) is 12.0 Å². The molecule has 196 valence electrons. The van der Waals surface area contributed by atoms with Crippen molar-refractivity contribution in [2.24, 2.45) is 11.8 Å². The van der Waals surface area contributed by atoms with Gasteiger partial charge < -0.3 is 14.2 Å². The van der Waals surface area contributed by atoms with Crippen LogP contribution in [0.2, 0.25) is 0 Å². The first kappa shape index (κ1) is 28.1. The van der Waals surface area contributed by atoms with Gasteiger partial charge in [-0.25, -0.2) is 4.79 Å². The molecule has 36 heavy (non-hydrogen) atoms. The Morgan fingerprint density at radius 3 is 2.56 bits per heavy atom. The predicted molar refractivity (Wildman–Crippen MR) is 139 cm³/mol. The highest BCUT2D eigenvalue weighted by molar-refractivity contribution is 9.10. The molecule has 3 rings (SSSR count). The number of hydrogen-bond acceptors (Lipinski definition) is 6. The van der Waals surface area contributed by atoms with E-state index in [1.165, 1.54) is 4.90 Å². The lowest BCUT2D eigenvalue weighted by Gasteiger charge is -2.37. The topological polar surface area (TPSA) is 78.0 Å². The van der Waals surface area contributed by atoms with E-state index in [1.807, 2.05) is 30.3 Å². The van der Waals surface area contributed by atoms with E-state index in [4.69, 9.17) is 14.2 Å². The third-order valence-corrected chi connectivity index (χ3v) is 7.22. The summed E-state index contributed by atoms with van der Waals surface area (Å²) in [5, 5.41) is 0. The van der Waals surface area contributed by atoms with Gasteiger partial charge in [-0.15, -0.1) is 0 Å². The van der Waals surface area contributed by atoms with Crippen molar-refractivity contribution >= 4 is 34.1 Å². The number of alkyl halides is 1. The molecule has 2 unspecified atom stereocenters. The van der Waals surface area contributed by atoms with E-state index in [-0.39, 0.29) is 18.8 Å². The van der Waals surface area contributed by atoms with Crippen LogP contribution >= 0.6 is 15.9 Å². The van der Waals surface area contributed by atoms with Crippen molar-refractivity contribution in [3.8, 4) is 5.88 Å². The zero-order valence-corrected chi connectivity index (χ0v) is 22.4. The van der Waals surface area contributed by atoms with Crippen molar-refractivity contribution in [3.63, 3.8) is 0 Å². The summed E-state index contributed by atoms with van der Waals surface area (Å²) in [4.78, 5) is 30.9. The Labute approximate surface area is 220 Å². The summed E-state index contributed by atoms with van der Waals surface area (Å²) in [7, 11) is 0. The van der Waals surface area contributed by atoms with Crippen LogP contribution < -0.4 is 9.64 Å². The Bertz CT molecular complexity index is 989. The molecule has 9 heteroatoms. The molecular formula is C27H34BrFN2O5. The number of aromatic nitrogens is 1. The number of carbonyl (C=O) groups is 2. The van der Waals surface area contributed by atoms with E-state index < -0.39 is 18.2 Å². The van der Waals surface area contributed by atoms with Gasteiger partial charge in [-0.3, -0.25) is 14.1 Å². The van der Waals surface area contributed by atoms with Gasteiger partial charge in [0.2, 0.25) is 12.3 Å². The Morgan fingerprint density at radius 1 is 1.17 bits per heavy atom. The monoisotopic (exact) mass is 564 g/mol. The Kier molecular flexibility index (Phi) is 10.7. The van der Waals surface area contributed by atoms with Crippen LogP contribution in [0.25, 0.3) is 0 Å². The van der Waals surface area contributed by atoms with Crippen LogP contribution in [0.4, 0.5) is 10.2 Å². The maximum Gasteiger partial charge on any atom is 0.332 e. The Morgan fingerprint density at radius 2 is 1.89 bits per heavy atom. The number of halogens is 2. The van der Waals surface area contributed by atoms with E-state index in [1.54, 1.807) is 26.0 Å². The standard InChI is InChI=1S/C27H34BrFN2O5/c1-3-27(4-2,26(33)35-14-8-13-29)31(19-32)24-12-11-23(28)25(30-24)36-18-22-15-21(22)17-34-16-20-9-6-5-7-10-20/h5-7,9-12,19,21-22H,3-4,8,13-18H2,1-2H3. The van der Waals surface area contributed by atoms with E-state index in [0.29, 0.717) is 61.3 Å². The molecule has 1 heterocycles. The minimum absolute atomic E-state index is 0.0382. The zero-order valence-electron chi connectivity index (χ0n) is 20.8. The van der Waals surface area contributed by atoms with Gasteiger partial charge in [0, 0.05) is 6.42 Å². The fraction of sp³-hybridized carbons (Fsp3) is 0.519. The first-order chi connectivity index (χ1) is 17.5. The molecule has 1 saturated carbocycles. The first-order valence-electron chi connectivity index (χ1n) is 12.4. The Hall–Kier alpha value is -2.52. The summed E-state index contributed by atoms with van der Waals surface area (Å²) in [5.74, 6) is 0.872. The molecule has 0 radical (unpaired) electrons. The molecule has 1 fully saturated rings. The summed E-state index contributed by atoms with van der Waals surface area (Å²) in [5.41, 5.74) is -0.0921. The highest BCUT2D eigenvalue weighted by Crippen LogP contribution is 2.40. The summed E-state index contributed by atoms with van der Waals surface area (Å²) >= 11 is 3.46. The molecule has 0 spiro atoms. The third kappa shape index (κ3) is 7.03. The maximum absolute atomic E-state index is 12.9. The van der Waals surface area contributed by atoms with Crippen LogP contribution in [-0.4, -0.2) is 49.4 Å². The first-order valence-corrected chi connectivity index (χ1v) is 13.2. The van der Waals surface area contributed by atoms with Gasteiger partial charge in [0.15, 0.2) is 0 Å². The molecule has 2 atom stereocenters. The number of nitrogens with zero attached hydrogens (tertiary/aromatic N) is 2. The molecule has 1 aliphatic carbocycles. The molecule has 1 aromatic heterocycles. The Balaban J connectivity index is 1.61. The number of hydrogen-bond donors (Lipinski definition) is 0. The summed E-state index contributed by atoms with van der Waals surface area (Å²) in [6, 6.07) is 13.5. The van der Waals surface area contributed by atoms with Gasteiger partial charge in [-0.1, -0.05) is 44.2 Å². The second-order valence-electron chi connectivity index (χ2n) is 8.92. The molecule has 1 aromatic carbocycles. The largest absolute Gasteiger partial charge is 0.477 e. The minimum atomic E-state index is -1.24. The van der Waals surface area contributed by atoms with Crippen molar-refractivity contribution in [3.05, 3.63) is 52.5 Å². The van der Waals surface area contributed by atoms with Crippen LogP contribution in [0.5, 0.6) is 5.88 Å². The molecule has 7 nitrogen and oxygen atoms in total. The van der Waals surface area contributed by atoms with Gasteiger partial charge >= 0.3 is 5.97 Å². The second-order valence-corrected chi connectivity index (χ2v) is 9.77. The molecule has 0 saturated heterocycles. The molecule has 0 bridgehead atoms. The molecule has 0 N–H and O–H groups in total. The van der Waals surface area contributed by atoms with E-state index in [2.05, 4.69) is 20.9 Å². The average Bonchev–Trinajstić information content (AvgIpc) is 3.66. The minimum Gasteiger partial charge on any atom is -0.477 e. The molecule has 1 aliphatic rings. The SMILES string of the molecule is CCC(CC)(C(=O)OCCCF)N(C=O)c1ccc(Br)c(OCC2CC2COCc2ccccc2)n1. The summed E-state index contributed by atoms with van der Waals surface area (Å²) < 4.78 is 30.3. The van der Waals surface area contributed by atoms with E-state index in [9.17, 15) is 14.0 Å². The number of benzene rings is 1. The lowest BCUT2D eigenvalue weighted by molar-refractivity contribution is -0.151. The van der Waals surface area contributed by atoms with Crippen LogP contribution in [0.3, 0.4) is 0 Å². The van der Waals surface area contributed by atoms with Crippen LogP contribution in [0.15, 0.2) is 46.9 Å². The van der Waals surface area contributed by atoms with Gasteiger partial charge in [0.05, 0.1) is 37.6 Å². The summed E-state index contributed by atoms with van der Waals surface area (Å²) in [6.45, 7) is 4.74. The third-order valence-electron chi connectivity index (χ3n) is 6.62. The quantitative estimate of drug-likeness (QED) is 0.152. The fourth-order valence-electron chi connectivity index (χ4n) is 4.16. The zero-order chi connectivity index (χ0) is 26.0. The van der Waals surface area contributed by atoms with Crippen molar-refractivity contribution in [1.29, 1.82) is 0 Å². The number of rotatable bonds is 16. The average molecular weight is 565 g/mol. The normalized spacial score (nSPS) is 16.9. The van der Waals surface area contributed by atoms with Crippen molar-refractivity contribution in [1.82, 2.24) is 4.98 Å². The number of carbonyl (C=O) groups excluding carboxylic acids is 2. The maximum atomic E-state index is 12.9. The van der Waals surface area contributed by atoms with Crippen molar-refractivity contribution in [2.75, 3.05) is 31.4 Å². The summed E-state index contributed by atoms with van der Waals surface area (Å²) in [6.07, 6.45) is 2.36. The molecule has 2 aromatic rings. The smallest absolute Gasteiger partial charge is 0.332 e. The predicted octanol–water partition coefficient (Wildman–Crippen LogP) is 5.50. The van der Waals surface area contributed by atoms with Gasteiger partial charge in [0.1, 0.15) is 11.4 Å². The van der Waals surface area contributed by atoms with Crippen LogP contribution in [0.1, 0.15) is 45.1 Å². The van der Waals surface area contributed by atoms with Crippen molar-refractivity contribution < 1.29 is 28.2 Å². The van der Waals surface area contributed by atoms with Crippen LogP contribution in [0, 0.1) is 11.8 Å². The number of pyridine rings is 1. The molecule has 0 aliphatic heterocycles. The van der Waals surface area contributed by atoms with Gasteiger partial charge in [-0.2, -0.15) is 4.98 Å².